The second-order valence-corrected chi connectivity index (χ2v) is 2.25. The highest BCUT2D eigenvalue weighted by molar-refractivity contribution is 4.58. The van der Waals surface area contributed by atoms with Crippen LogP contribution in [0, 0.1) is 0 Å². The number of aliphatic hydroxyl groups excluding tert-OH is 4. The van der Waals surface area contributed by atoms with Crippen molar-refractivity contribution < 1.29 is 20.4 Å². The molecule has 0 saturated heterocycles. The molecule has 4 nitrogen and oxygen atoms in total. The molecule has 0 aliphatic rings. The fourth-order valence-corrected chi connectivity index (χ4v) is 0.567. The van der Waals surface area contributed by atoms with Gasteiger partial charge in [0, 0.05) is 0 Å². The quantitative estimate of drug-likeness (QED) is 0.383. The number of hydrogen-bond acceptors (Lipinski definition) is 4. The van der Waals surface area contributed by atoms with Gasteiger partial charge in [-0.25, -0.2) is 0 Å². The predicted molar refractivity (Wildman–Crippen MR) is 35.4 cm³/mol. The predicted octanol–water partition coefficient (Wildman–Crippen LogP) is -1.53. The van der Waals surface area contributed by atoms with Crippen LogP contribution < -0.4 is 0 Å². The van der Waals surface area contributed by atoms with Crippen LogP contribution in [-0.2, 0) is 0 Å². The van der Waals surface area contributed by atoms with E-state index >= 15 is 0 Å². The Kier molecular flexibility index (Phi) is 5.52. The molecule has 0 amide bonds. The van der Waals surface area contributed by atoms with Crippen LogP contribution in [0.2, 0.25) is 0 Å². The van der Waals surface area contributed by atoms with Crippen LogP contribution in [0.3, 0.4) is 0 Å². The minimum absolute atomic E-state index is 0.294. The smallest absolute Gasteiger partial charge is 0.0771 e. The number of aliphatic hydroxyl groups is 4. The summed E-state index contributed by atoms with van der Waals surface area (Å²) in [7, 11) is 0. The van der Waals surface area contributed by atoms with Gasteiger partial charge in [0.15, 0.2) is 0 Å². The van der Waals surface area contributed by atoms with Gasteiger partial charge in [-0.1, -0.05) is 0 Å². The summed E-state index contributed by atoms with van der Waals surface area (Å²) in [6.07, 6.45) is -0.918. The van der Waals surface area contributed by atoms with Crippen molar-refractivity contribution in [2.24, 2.45) is 0 Å². The molecule has 2 atom stereocenters. The van der Waals surface area contributed by atoms with Crippen molar-refractivity contribution in [1.29, 1.82) is 0 Å². The van der Waals surface area contributed by atoms with E-state index in [2.05, 4.69) is 0 Å². The van der Waals surface area contributed by atoms with E-state index in [-0.39, 0.29) is 13.2 Å². The Morgan fingerprint density at radius 1 is 0.800 bits per heavy atom. The Morgan fingerprint density at radius 2 is 1.10 bits per heavy atom. The van der Waals surface area contributed by atoms with Crippen LogP contribution in [0.15, 0.2) is 0 Å². The number of hydrogen-bond donors (Lipinski definition) is 4. The first-order chi connectivity index (χ1) is 4.70. The molecule has 0 aliphatic carbocycles. The van der Waals surface area contributed by atoms with E-state index in [9.17, 15) is 0 Å². The zero-order valence-corrected chi connectivity index (χ0v) is 5.77. The fraction of sp³-hybridized carbons (Fsp3) is 1.00. The van der Waals surface area contributed by atoms with E-state index in [1.807, 2.05) is 0 Å². The molecule has 0 heterocycles. The minimum Gasteiger partial charge on any atom is -0.394 e. The monoisotopic (exact) mass is 150 g/mol. The van der Waals surface area contributed by atoms with Crippen LogP contribution in [-0.4, -0.2) is 45.8 Å². The second kappa shape index (κ2) is 5.61. The standard InChI is InChI=1S/C6H14O4/c7-3-5(9)1-2-6(10)4-8/h5-10H,1-4H2/t5-,6?/m1/s1. The summed E-state index contributed by atoms with van der Waals surface area (Å²) in [5.41, 5.74) is 0. The molecule has 0 fully saturated rings. The van der Waals surface area contributed by atoms with Crippen molar-refractivity contribution in [2.45, 2.75) is 25.0 Å². The minimum atomic E-state index is -0.777. The number of rotatable bonds is 5. The van der Waals surface area contributed by atoms with Gasteiger partial charge in [-0.05, 0) is 12.8 Å². The van der Waals surface area contributed by atoms with Crippen LogP contribution in [0.4, 0.5) is 0 Å². The Balaban J connectivity index is 3.17. The molecule has 10 heavy (non-hydrogen) atoms. The lowest BCUT2D eigenvalue weighted by molar-refractivity contribution is 0.0487. The van der Waals surface area contributed by atoms with Gasteiger partial charge in [-0.3, -0.25) is 0 Å². The summed E-state index contributed by atoms with van der Waals surface area (Å²) >= 11 is 0. The van der Waals surface area contributed by atoms with Crippen molar-refractivity contribution in [2.75, 3.05) is 13.2 Å². The van der Waals surface area contributed by atoms with Gasteiger partial charge in [0.05, 0.1) is 25.4 Å². The molecule has 0 aliphatic heterocycles. The van der Waals surface area contributed by atoms with Gasteiger partial charge in [0.1, 0.15) is 0 Å². The van der Waals surface area contributed by atoms with Gasteiger partial charge in [0.2, 0.25) is 0 Å². The van der Waals surface area contributed by atoms with Crippen molar-refractivity contribution in [3.63, 3.8) is 0 Å². The third kappa shape index (κ3) is 4.69. The maximum atomic E-state index is 8.76. The molecule has 0 spiro atoms. The lowest BCUT2D eigenvalue weighted by Gasteiger charge is -2.09. The van der Waals surface area contributed by atoms with E-state index in [0.29, 0.717) is 12.8 Å². The Morgan fingerprint density at radius 3 is 1.30 bits per heavy atom. The zero-order chi connectivity index (χ0) is 7.98. The van der Waals surface area contributed by atoms with E-state index in [1.54, 1.807) is 0 Å². The molecule has 4 N–H and O–H groups in total. The average molecular weight is 150 g/mol. The summed E-state index contributed by atoms with van der Waals surface area (Å²) in [5, 5.41) is 34.2. The SMILES string of the molecule is OCC(O)CC[C@@H](O)CO. The molecule has 0 rings (SSSR count). The molecule has 0 aromatic carbocycles. The average Bonchev–Trinajstić information content (AvgIpc) is 1.99. The largest absolute Gasteiger partial charge is 0.394 e. The topological polar surface area (TPSA) is 80.9 Å². The second-order valence-electron chi connectivity index (χ2n) is 2.25. The van der Waals surface area contributed by atoms with Crippen molar-refractivity contribution >= 4 is 0 Å². The molecular formula is C6H14O4. The summed E-state index contributed by atoms with van der Waals surface area (Å²) < 4.78 is 0. The molecule has 4 heteroatoms. The maximum Gasteiger partial charge on any atom is 0.0771 e. The van der Waals surface area contributed by atoms with Gasteiger partial charge in [-0.2, -0.15) is 0 Å². The fourth-order valence-electron chi connectivity index (χ4n) is 0.567. The van der Waals surface area contributed by atoms with E-state index in [1.165, 1.54) is 0 Å². The lowest BCUT2D eigenvalue weighted by atomic mass is 10.1. The molecular weight excluding hydrogens is 136 g/mol. The van der Waals surface area contributed by atoms with Gasteiger partial charge in [0.25, 0.3) is 0 Å². The van der Waals surface area contributed by atoms with E-state index < -0.39 is 12.2 Å². The van der Waals surface area contributed by atoms with E-state index in [0.717, 1.165) is 0 Å². The molecule has 0 aromatic heterocycles. The van der Waals surface area contributed by atoms with Crippen molar-refractivity contribution in [3.05, 3.63) is 0 Å². The first-order valence-electron chi connectivity index (χ1n) is 3.28. The highest BCUT2D eigenvalue weighted by Crippen LogP contribution is 1.99. The molecule has 0 bridgehead atoms. The van der Waals surface area contributed by atoms with Gasteiger partial charge < -0.3 is 20.4 Å². The summed E-state index contributed by atoms with van der Waals surface area (Å²) in [6.45, 7) is -0.587. The molecule has 0 aromatic rings. The highest BCUT2D eigenvalue weighted by atomic mass is 16.3. The third-order valence-corrected chi connectivity index (χ3v) is 1.25. The summed E-state index contributed by atoms with van der Waals surface area (Å²) in [5.74, 6) is 0. The normalized spacial score (nSPS) is 16.8. The Bertz CT molecular complexity index is 66.1. The highest BCUT2D eigenvalue weighted by Gasteiger charge is 2.06. The molecule has 62 valence electrons. The van der Waals surface area contributed by atoms with Crippen LogP contribution in [0.1, 0.15) is 12.8 Å². The van der Waals surface area contributed by atoms with Crippen LogP contribution in [0.5, 0.6) is 0 Å². The molecule has 0 saturated carbocycles. The molecule has 0 radical (unpaired) electrons. The zero-order valence-electron chi connectivity index (χ0n) is 5.77. The molecule has 1 unspecified atom stereocenters. The van der Waals surface area contributed by atoms with Crippen LogP contribution in [0.25, 0.3) is 0 Å². The van der Waals surface area contributed by atoms with Crippen LogP contribution >= 0.6 is 0 Å². The van der Waals surface area contributed by atoms with Crippen molar-refractivity contribution in [3.8, 4) is 0 Å². The first-order valence-corrected chi connectivity index (χ1v) is 3.28. The summed E-state index contributed by atoms with van der Waals surface area (Å²) in [4.78, 5) is 0. The summed E-state index contributed by atoms with van der Waals surface area (Å²) in [6, 6.07) is 0. The van der Waals surface area contributed by atoms with Gasteiger partial charge in [-0.15, -0.1) is 0 Å². The van der Waals surface area contributed by atoms with E-state index in [4.69, 9.17) is 20.4 Å². The Labute approximate surface area is 59.7 Å². The first kappa shape index (κ1) is 9.84. The Hall–Kier alpha value is -0.160. The third-order valence-electron chi connectivity index (χ3n) is 1.25. The van der Waals surface area contributed by atoms with Gasteiger partial charge >= 0.3 is 0 Å². The maximum absolute atomic E-state index is 8.76. The van der Waals surface area contributed by atoms with Crippen molar-refractivity contribution in [1.82, 2.24) is 0 Å². The lowest BCUT2D eigenvalue weighted by Crippen LogP contribution is -2.18.